The zero-order valence-electron chi connectivity index (χ0n) is 13.0. The molecule has 0 unspecified atom stereocenters. The highest BCUT2D eigenvalue weighted by Crippen LogP contribution is 2.24. The molecule has 0 spiro atoms. The van der Waals surface area contributed by atoms with E-state index in [0.29, 0.717) is 11.4 Å². The van der Waals surface area contributed by atoms with Gasteiger partial charge in [-0.15, -0.1) is 0 Å². The molecular weight excluding hydrogens is 334 g/mol. The van der Waals surface area contributed by atoms with Gasteiger partial charge in [0.2, 0.25) is 0 Å². The van der Waals surface area contributed by atoms with Gasteiger partial charge < -0.3 is 4.90 Å². The van der Waals surface area contributed by atoms with Crippen LogP contribution in [-0.2, 0) is 9.05 Å². The molecule has 0 saturated heterocycles. The zero-order chi connectivity index (χ0) is 16.9. The van der Waals surface area contributed by atoms with Crippen molar-refractivity contribution < 1.29 is 8.42 Å². The Kier molecular flexibility index (Phi) is 5.74. The van der Waals surface area contributed by atoms with Gasteiger partial charge in [-0.3, -0.25) is 0 Å². The second-order valence-electron chi connectivity index (χ2n) is 4.82. The molecule has 2 rings (SSSR count). The van der Waals surface area contributed by atoms with Gasteiger partial charge in [-0.05, 0) is 56.3 Å². The Morgan fingerprint density at radius 2 is 1.57 bits per heavy atom. The number of nitrogens with zero attached hydrogens (tertiary/aromatic N) is 3. The van der Waals surface area contributed by atoms with Crippen molar-refractivity contribution in [2.24, 2.45) is 10.2 Å². The molecule has 2 aromatic rings. The van der Waals surface area contributed by atoms with Crippen molar-refractivity contribution in [1.29, 1.82) is 0 Å². The summed E-state index contributed by atoms with van der Waals surface area (Å²) in [5.41, 5.74) is 2.25. The Balaban J connectivity index is 2.17. The summed E-state index contributed by atoms with van der Waals surface area (Å²) in [5, 5.41) is 8.17. The Bertz CT molecular complexity index is 785. The summed E-state index contributed by atoms with van der Waals surface area (Å²) in [6.07, 6.45) is 0. The van der Waals surface area contributed by atoms with E-state index >= 15 is 0 Å². The second-order valence-corrected chi connectivity index (χ2v) is 7.39. The van der Waals surface area contributed by atoms with Gasteiger partial charge in [-0.1, -0.05) is 6.07 Å². The van der Waals surface area contributed by atoms with Crippen molar-refractivity contribution >= 4 is 36.8 Å². The maximum Gasteiger partial charge on any atom is 0.261 e. The summed E-state index contributed by atoms with van der Waals surface area (Å²) in [7, 11) is 1.55. The third-order valence-electron chi connectivity index (χ3n) is 3.36. The van der Waals surface area contributed by atoms with Crippen molar-refractivity contribution in [3.05, 3.63) is 48.5 Å². The molecule has 7 heteroatoms. The van der Waals surface area contributed by atoms with Crippen LogP contribution in [0.5, 0.6) is 0 Å². The lowest BCUT2D eigenvalue weighted by Gasteiger charge is -2.20. The van der Waals surface area contributed by atoms with Gasteiger partial charge in [0.15, 0.2) is 0 Å². The van der Waals surface area contributed by atoms with Crippen molar-refractivity contribution in [3.63, 3.8) is 0 Å². The minimum Gasteiger partial charge on any atom is -0.372 e. The number of rotatable bonds is 6. The van der Waals surface area contributed by atoms with Gasteiger partial charge in [0.25, 0.3) is 9.05 Å². The summed E-state index contributed by atoms with van der Waals surface area (Å²) >= 11 is 0. The van der Waals surface area contributed by atoms with Crippen LogP contribution in [0.15, 0.2) is 63.7 Å². The fraction of sp³-hybridized carbons (Fsp3) is 0.250. The molecule has 0 amide bonds. The van der Waals surface area contributed by atoms with E-state index in [9.17, 15) is 8.42 Å². The molecule has 0 aliphatic heterocycles. The van der Waals surface area contributed by atoms with Gasteiger partial charge in [0, 0.05) is 29.5 Å². The lowest BCUT2D eigenvalue weighted by Crippen LogP contribution is -2.21. The molecule has 122 valence electrons. The van der Waals surface area contributed by atoms with Crippen LogP contribution in [-0.4, -0.2) is 21.5 Å². The highest BCUT2D eigenvalue weighted by atomic mass is 35.7. The summed E-state index contributed by atoms with van der Waals surface area (Å²) in [6.45, 7) is 6.10. The number of halogens is 1. The lowest BCUT2D eigenvalue weighted by atomic mass is 10.2. The van der Waals surface area contributed by atoms with Crippen LogP contribution < -0.4 is 4.90 Å². The standard InChI is InChI=1S/C16H18ClN3O2S/c1-3-20(4-2)15-10-8-13(9-11-15)18-19-14-6-5-7-16(12-14)23(17,21)22/h5-12H,3-4H2,1-2H3/b19-18+. The number of azo groups is 1. The number of hydrogen-bond acceptors (Lipinski definition) is 5. The molecule has 5 nitrogen and oxygen atoms in total. The molecule has 0 heterocycles. The fourth-order valence-corrected chi connectivity index (χ4v) is 2.92. The average molecular weight is 352 g/mol. The van der Waals surface area contributed by atoms with Crippen molar-refractivity contribution in [2.75, 3.05) is 18.0 Å². The van der Waals surface area contributed by atoms with E-state index in [2.05, 4.69) is 29.0 Å². The minimum absolute atomic E-state index is 0.00694. The van der Waals surface area contributed by atoms with Crippen LogP contribution in [0.25, 0.3) is 0 Å². The summed E-state index contributed by atoms with van der Waals surface area (Å²) < 4.78 is 22.6. The first-order valence-electron chi connectivity index (χ1n) is 7.25. The van der Waals surface area contributed by atoms with Crippen LogP contribution >= 0.6 is 10.7 Å². The van der Waals surface area contributed by atoms with Crippen LogP contribution in [0, 0.1) is 0 Å². The van der Waals surface area contributed by atoms with Gasteiger partial charge in [-0.2, -0.15) is 10.2 Å². The predicted molar refractivity (Wildman–Crippen MR) is 93.7 cm³/mol. The fourth-order valence-electron chi connectivity index (χ4n) is 2.13. The quantitative estimate of drug-likeness (QED) is 0.550. The Labute approximate surface area is 141 Å². The summed E-state index contributed by atoms with van der Waals surface area (Å²) in [4.78, 5) is 2.24. The highest BCUT2D eigenvalue weighted by molar-refractivity contribution is 8.13. The third-order valence-corrected chi connectivity index (χ3v) is 4.71. The van der Waals surface area contributed by atoms with E-state index in [1.807, 2.05) is 24.3 Å². The number of anilines is 1. The lowest BCUT2D eigenvalue weighted by molar-refractivity contribution is 0.609. The van der Waals surface area contributed by atoms with E-state index in [0.717, 1.165) is 18.8 Å². The van der Waals surface area contributed by atoms with Crippen LogP contribution in [0.2, 0.25) is 0 Å². The molecule has 0 N–H and O–H groups in total. The van der Waals surface area contributed by atoms with E-state index < -0.39 is 9.05 Å². The Morgan fingerprint density at radius 3 is 2.13 bits per heavy atom. The van der Waals surface area contributed by atoms with E-state index in [1.54, 1.807) is 12.1 Å². The molecule has 0 radical (unpaired) electrons. The smallest absolute Gasteiger partial charge is 0.261 e. The number of hydrogen-bond donors (Lipinski definition) is 0. The van der Waals surface area contributed by atoms with E-state index in [-0.39, 0.29) is 4.90 Å². The minimum atomic E-state index is -3.76. The Morgan fingerprint density at radius 1 is 0.957 bits per heavy atom. The molecule has 0 aliphatic carbocycles. The van der Waals surface area contributed by atoms with Crippen molar-refractivity contribution in [2.45, 2.75) is 18.7 Å². The second kappa shape index (κ2) is 7.57. The third kappa shape index (κ3) is 4.77. The van der Waals surface area contributed by atoms with Crippen molar-refractivity contribution in [1.82, 2.24) is 0 Å². The Hall–Kier alpha value is -1.92. The molecule has 0 saturated carbocycles. The molecule has 0 aliphatic rings. The van der Waals surface area contributed by atoms with Crippen molar-refractivity contribution in [3.8, 4) is 0 Å². The molecule has 0 bridgehead atoms. The monoisotopic (exact) mass is 351 g/mol. The van der Waals surface area contributed by atoms with Crippen LogP contribution in [0.4, 0.5) is 17.1 Å². The predicted octanol–water partition coefficient (Wildman–Crippen LogP) is 4.88. The average Bonchev–Trinajstić information content (AvgIpc) is 2.55. The van der Waals surface area contributed by atoms with Gasteiger partial charge in [0.05, 0.1) is 16.3 Å². The summed E-state index contributed by atoms with van der Waals surface area (Å²) in [5.74, 6) is 0. The van der Waals surface area contributed by atoms with Crippen LogP contribution in [0.1, 0.15) is 13.8 Å². The topological polar surface area (TPSA) is 62.1 Å². The highest BCUT2D eigenvalue weighted by Gasteiger charge is 2.09. The number of benzene rings is 2. The van der Waals surface area contributed by atoms with E-state index in [1.165, 1.54) is 12.1 Å². The maximum absolute atomic E-state index is 11.3. The van der Waals surface area contributed by atoms with Gasteiger partial charge in [0.1, 0.15) is 0 Å². The molecule has 23 heavy (non-hydrogen) atoms. The molecule has 0 fully saturated rings. The maximum atomic E-state index is 11.3. The molecular formula is C16H18ClN3O2S. The largest absolute Gasteiger partial charge is 0.372 e. The molecule has 2 aromatic carbocycles. The zero-order valence-corrected chi connectivity index (χ0v) is 14.5. The SMILES string of the molecule is CCN(CC)c1ccc(/N=N/c2cccc(S(=O)(=O)Cl)c2)cc1. The first kappa shape index (κ1) is 17.4. The summed E-state index contributed by atoms with van der Waals surface area (Å²) in [6, 6.07) is 13.8. The van der Waals surface area contributed by atoms with E-state index in [4.69, 9.17) is 10.7 Å². The van der Waals surface area contributed by atoms with Gasteiger partial charge >= 0.3 is 0 Å². The van der Waals surface area contributed by atoms with Crippen LogP contribution in [0.3, 0.4) is 0 Å². The first-order chi connectivity index (χ1) is 10.9. The molecule has 0 aromatic heterocycles. The van der Waals surface area contributed by atoms with Gasteiger partial charge in [-0.25, -0.2) is 8.42 Å². The first-order valence-corrected chi connectivity index (χ1v) is 9.56. The molecule has 0 atom stereocenters. The normalized spacial score (nSPS) is 11.8.